The maximum Gasteiger partial charge on any atom is 0.145 e. The summed E-state index contributed by atoms with van der Waals surface area (Å²) in [7, 11) is 0. The summed E-state index contributed by atoms with van der Waals surface area (Å²) in [5.74, 6) is -1.61. The molecule has 4 heteroatoms. The Balaban J connectivity index is 2.53. The molecule has 1 nitrogen and oxygen atoms in total. The first-order valence-electron chi connectivity index (χ1n) is 4.15. The van der Waals surface area contributed by atoms with Crippen molar-refractivity contribution in [2.24, 2.45) is 0 Å². The Hall–Kier alpha value is -1.14. The van der Waals surface area contributed by atoms with E-state index in [0.717, 1.165) is 12.1 Å². The molecule has 0 amide bonds. The Bertz CT molecular complexity index is 409. The number of nitrogens with zero attached hydrogens (tertiary/aromatic N) is 1. The molecule has 1 saturated carbocycles. The molecule has 1 aliphatic rings. The number of hydrogen-bond donors (Lipinski definition) is 0. The van der Waals surface area contributed by atoms with Gasteiger partial charge in [0, 0.05) is 0 Å². The molecular formula is C10H6ClF2N. The Morgan fingerprint density at radius 2 is 1.79 bits per heavy atom. The molecule has 0 spiro atoms. The first-order valence-corrected chi connectivity index (χ1v) is 4.53. The lowest BCUT2D eigenvalue weighted by Gasteiger charge is -2.07. The number of nitriles is 1. The van der Waals surface area contributed by atoms with Gasteiger partial charge in [-0.3, -0.25) is 0 Å². The standard InChI is InChI=1S/C10H6ClF2N/c11-9-7(12)3-6(4-8(9)13)10(5-14)1-2-10/h3-4H,1-2H2. The van der Waals surface area contributed by atoms with Crippen molar-refractivity contribution in [2.75, 3.05) is 0 Å². The van der Waals surface area contributed by atoms with E-state index < -0.39 is 22.1 Å². The third-order valence-electron chi connectivity index (χ3n) is 2.50. The van der Waals surface area contributed by atoms with E-state index in [4.69, 9.17) is 16.9 Å². The lowest BCUT2D eigenvalue weighted by molar-refractivity contribution is 0.578. The summed E-state index contributed by atoms with van der Waals surface area (Å²) in [6.45, 7) is 0. The van der Waals surface area contributed by atoms with Gasteiger partial charge in [-0.1, -0.05) is 11.6 Å². The zero-order valence-electron chi connectivity index (χ0n) is 7.15. The van der Waals surface area contributed by atoms with Gasteiger partial charge < -0.3 is 0 Å². The van der Waals surface area contributed by atoms with Crippen LogP contribution in [-0.2, 0) is 5.41 Å². The van der Waals surface area contributed by atoms with Crippen LogP contribution in [0.25, 0.3) is 0 Å². The van der Waals surface area contributed by atoms with Crippen LogP contribution in [0.3, 0.4) is 0 Å². The lowest BCUT2D eigenvalue weighted by Crippen LogP contribution is -2.04. The zero-order chi connectivity index (χ0) is 10.3. The summed E-state index contributed by atoms with van der Waals surface area (Å²) < 4.78 is 26.1. The quantitative estimate of drug-likeness (QED) is 0.658. The highest BCUT2D eigenvalue weighted by Gasteiger charge is 2.45. The molecule has 0 N–H and O–H groups in total. The molecule has 2 rings (SSSR count). The first-order chi connectivity index (χ1) is 6.59. The van der Waals surface area contributed by atoms with Gasteiger partial charge in [-0.15, -0.1) is 0 Å². The SMILES string of the molecule is N#CC1(c2cc(F)c(Cl)c(F)c2)CC1. The van der Waals surface area contributed by atoms with Crippen molar-refractivity contribution in [1.82, 2.24) is 0 Å². The van der Waals surface area contributed by atoms with Crippen molar-refractivity contribution in [3.05, 3.63) is 34.4 Å². The third kappa shape index (κ3) is 1.27. The van der Waals surface area contributed by atoms with Gasteiger partial charge in [0.1, 0.15) is 16.7 Å². The molecule has 0 heterocycles. The summed E-state index contributed by atoms with van der Waals surface area (Å²) in [4.78, 5) is 0. The van der Waals surface area contributed by atoms with Gasteiger partial charge in [0.2, 0.25) is 0 Å². The van der Waals surface area contributed by atoms with E-state index in [1.54, 1.807) is 0 Å². The summed E-state index contributed by atoms with van der Waals surface area (Å²) in [6.07, 6.45) is 1.31. The van der Waals surface area contributed by atoms with Crippen molar-refractivity contribution in [1.29, 1.82) is 5.26 Å². The summed E-state index contributed by atoms with van der Waals surface area (Å²) >= 11 is 5.33. The Labute approximate surface area is 84.9 Å². The van der Waals surface area contributed by atoms with Gasteiger partial charge in [0.25, 0.3) is 0 Å². The Morgan fingerprint density at radius 1 is 1.29 bits per heavy atom. The molecule has 0 radical (unpaired) electrons. The third-order valence-corrected chi connectivity index (χ3v) is 2.86. The molecule has 14 heavy (non-hydrogen) atoms. The van der Waals surface area contributed by atoms with E-state index in [1.165, 1.54) is 0 Å². The molecule has 0 bridgehead atoms. The van der Waals surface area contributed by atoms with Crippen LogP contribution in [-0.4, -0.2) is 0 Å². The average molecular weight is 214 g/mol. The van der Waals surface area contributed by atoms with Crippen molar-refractivity contribution in [3.63, 3.8) is 0 Å². The van der Waals surface area contributed by atoms with Gasteiger partial charge >= 0.3 is 0 Å². The number of rotatable bonds is 1. The average Bonchev–Trinajstić information content (AvgIpc) is 2.94. The first kappa shape index (κ1) is 9.42. The molecular weight excluding hydrogens is 208 g/mol. The van der Waals surface area contributed by atoms with Crippen LogP contribution in [0.5, 0.6) is 0 Å². The van der Waals surface area contributed by atoms with E-state index in [-0.39, 0.29) is 0 Å². The Kier molecular flexibility index (Phi) is 1.97. The van der Waals surface area contributed by atoms with Crippen molar-refractivity contribution < 1.29 is 8.78 Å². The van der Waals surface area contributed by atoms with Crippen molar-refractivity contribution in [2.45, 2.75) is 18.3 Å². The van der Waals surface area contributed by atoms with Crippen LogP contribution in [0.15, 0.2) is 12.1 Å². The van der Waals surface area contributed by atoms with Gasteiger partial charge in [-0.25, -0.2) is 8.78 Å². The maximum atomic E-state index is 13.1. The van der Waals surface area contributed by atoms with Gasteiger partial charge in [0.05, 0.1) is 11.5 Å². The highest BCUT2D eigenvalue weighted by molar-refractivity contribution is 6.30. The second kappa shape index (κ2) is 2.93. The molecule has 1 fully saturated rings. The molecule has 1 aliphatic carbocycles. The van der Waals surface area contributed by atoms with E-state index in [0.29, 0.717) is 18.4 Å². The summed E-state index contributed by atoms with van der Waals surface area (Å²) in [5.41, 5.74) is -0.286. The molecule has 0 unspecified atom stereocenters. The van der Waals surface area contributed by atoms with Crippen LogP contribution in [0.2, 0.25) is 5.02 Å². The van der Waals surface area contributed by atoms with E-state index in [1.807, 2.05) is 0 Å². The fourth-order valence-electron chi connectivity index (χ4n) is 1.42. The molecule has 0 aliphatic heterocycles. The fourth-order valence-corrected chi connectivity index (χ4v) is 1.53. The predicted molar refractivity (Wildman–Crippen MR) is 47.9 cm³/mol. The van der Waals surface area contributed by atoms with E-state index in [2.05, 4.69) is 6.07 Å². The van der Waals surface area contributed by atoms with E-state index >= 15 is 0 Å². The van der Waals surface area contributed by atoms with Crippen molar-refractivity contribution in [3.8, 4) is 6.07 Å². The highest BCUT2D eigenvalue weighted by atomic mass is 35.5. The highest BCUT2D eigenvalue weighted by Crippen LogP contribution is 2.48. The van der Waals surface area contributed by atoms with Gasteiger partial charge in [0.15, 0.2) is 0 Å². The normalized spacial score (nSPS) is 17.6. The fraction of sp³-hybridized carbons (Fsp3) is 0.300. The van der Waals surface area contributed by atoms with Crippen LogP contribution in [0, 0.1) is 23.0 Å². The van der Waals surface area contributed by atoms with E-state index in [9.17, 15) is 8.78 Å². The Morgan fingerprint density at radius 3 is 2.14 bits per heavy atom. The zero-order valence-corrected chi connectivity index (χ0v) is 7.91. The van der Waals surface area contributed by atoms with Crippen LogP contribution < -0.4 is 0 Å². The minimum absolute atomic E-state index is 0.388. The monoisotopic (exact) mass is 213 g/mol. The molecule has 1 aromatic rings. The molecule has 72 valence electrons. The van der Waals surface area contributed by atoms with Gasteiger partial charge in [-0.2, -0.15) is 5.26 Å². The molecule has 0 saturated heterocycles. The number of halogens is 3. The summed E-state index contributed by atoms with van der Waals surface area (Å²) in [5, 5.41) is 8.32. The van der Waals surface area contributed by atoms with Gasteiger partial charge in [-0.05, 0) is 30.5 Å². The molecule has 0 atom stereocenters. The minimum atomic E-state index is -0.803. The molecule has 0 aromatic heterocycles. The van der Waals surface area contributed by atoms with Crippen molar-refractivity contribution >= 4 is 11.6 Å². The molecule has 1 aromatic carbocycles. The maximum absolute atomic E-state index is 13.1. The second-order valence-corrected chi connectivity index (χ2v) is 3.83. The predicted octanol–water partition coefficient (Wildman–Crippen LogP) is 3.17. The van der Waals surface area contributed by atoms with Crippen LogP contribution in [0.4, 0.5) is 8.78 Å². The number of benzene rings is 1. The minimum Gasteiger partial charge on any atom is -0.205 e. The smallest absolute Gasteiger partial charge is 0.145 e. The largest absolute Gasteiger partial charge is 0.205 e. The number of hydrogen-bond acceptors (Lipinski definition) is 1. The van der Waals surface area contributed by atoms with Crippen LogP contribution in [0.1, 0.15) is 18.4 Å². The lowest BCUT2D eigenvalue weighted by atomic mass is 9.97. The summed E-state index contributed by atoms with van der Waals surface area (Å²) in [6, 6.07) is 4.35. The second-order valence-electron chi connectivity index (χ2n) is 3.45. The van der Waals surface area contributed by atoms with Crippen LogP contribution >= 0.6 is 11.6 Å². The topological polar surface area (TPSA) is 23.8 Å².